The van der Waals surface area contributed by atoms with E-state index in [9.17, 15) is 4.79 Å². The van der Waals surface area contributed by atoms with Gasteiger partial charge in [-0.3, -0.25) is 4.79 Å². The van der Waals surface area contributed by atoms with E-state index >= 15 is 0 Å². The number of fused-ring (bicyclic) bond motifs is 1. The molecule has 0 amide bonds. The van der Waals surface area contributed by atoms with Crippen LogP contribution < -0.4 is 16.0 Å². The van der Waals surface area contributed by atoms with E-state index < -0.39 is 0 Å². The molecule has 0 aliphatic carbocycles. The fourth-order valence-electron chi connectivity index (χ4n) is 2.34. The third-order valence-electron chi connectivity index (χ3n) is 3.46. The Hall–Kier alpha value is -2.60. The molecule has 21 heavy (non-hydrogen) atoms. The number of methoxy groups -OCH3 is 1. The topological polar surface area (TPSA) is 74.5 Å². The van der Waals surface area contributed by atoms with Crippen molar-refractivity contribution in [2.45, 2.75) is 13.1 Å². The first kappa shape index (κ1) is 13.4. The third-order valence-corrected chi connectivity index (χ3v) is 3.46. The van der Waals surface area contributed by atoms with Crippen LogP contribution >= 0.6 is 0 Å². The summed E-state index contributed by atoms with van der Waals surface area (Å²) < 4.78 is 8.53. The highest BCUT2D eigenvalue weighted by molar-refractivity contribution is 5.43. The zero-order valence-electron chi connectivity index (χ0n) is 11.7. The highest BCUT2D eigenvalue weighted by Crippen LogP contribution is 2.20. The minimum atomic E-state index is -0.0723. The van der Waals surface area contributed by atoms with Crippen LogP contribution in [0.5, 0.6) is 5.75 Å². The van der Waals surface area contributed by atoms with E-state index in [0.717, 1.165) is 16.9 Å². The van der Waals surface area contributed by atoms with Crippen LogP contribution in [-0.4, -0.2) is 21.3 Å². The van der Waals surface area contributed by atoms with E-state index in [2.05, 4.69) is 5.10 Å². The molecule has 0 radical (unpaired) electrons. The Labute approximate surface area is 121 Å². The van der Waals surface area contributed by atoms with Crippen LogP contribution in [0, 0.1) is 0 Å². The van der Waals surface area contributed by atoms with Crippen molar-refractivity contribution < 1.29 is 4.74 Å². The van der Waals surface area contributed by atoms with Gasteiger partial charge in [-0.05, 0) is 17.7 Å². The number of benzene rings is 1. The summed E-state index contributed by atoms with van der Waals surface area (Å²) in [6, 6.07) is 7.50. The Kier molecular flexibility index (Phi) is 3.45. The van der Waals surface area contributed by atoms with Crippen LogP contribution in [0.4, 0.5) is 0 Å². The second-order valence-electron chi connectivity index (χ2n) is 4.74. The fraction of sp³-hybridized carbons (Fsp3) is 0.200. The maximum atomic E-state index is 12.3. The smallest absolute Gasteiger partial charge is 0.276 e. The van der Waals surface area contributed by atoms with Crippen LogP contribution in [-0.2, 0) is 13.1 Å². The molecule has 2 N–H and O–H groups in total. The molecule has 3 aromatic rings. The normalized spacial score (nSPS) is 11.0. The minimum absolute atomic E-state index is 0.0723. The zero-order valence-corrected chi connectivity index (χ0v) is 11.7. The van der Waals surface area contributed by atoms with E-state index in [0.29, 0.717) is 18.6 Å². The highest BCUT2D eigenvalue weighted by atomic mass is 16.5. The summed E-state index contributed by atoms with van der Waals surface area (Å²) in [6.45, 7) is 0.896. The molecule has 0 aliphatic heterocycles. The summed E-state index contributed by atoms with van der Waals surface area (Å²) in [5.41, 5.74) is 8.07. The molecule has 0 unspecified atom stereocenters. The first-order valence-corrected chi connectivity index (χ1v) is 6.61. The molecule has 108 valence electrons. The Bertz CT molecular complexity index is 835. The SMILES string of the molecule is COc1cc(Cn2ccn3nccc3c2=O)ccc1CN. The molecule has 2 heterocycles. The molecule has 0 bridgehead atoms. The number of hydrogen-bond donors (Lipinski definition) is 1. The molecule has 0 saturated carbocycles. The highest BCUT2D eigenvalue weighted by Gasteiger charge is 2.06. The van der Waals surface area contributed by atoms with E-state index in [4.69, 9.17) is 10.5 Å². The lowest BCUT2D eigenvalue weighted by molar-refractivity contribution is 0.409. The maximum absolute atomic E-state index is 12.3. The Balaban J connectivity index is 1.98. The molecule has 6 heteroatoms. The summed E-state index contributed by atoms with van der Waals surface area (Å²) in [7, 11) is 1.61. The molecule has 6 nitrogen and oxygen atoms in total. The van der Waals surface area contributed by atoms with Gasteiger partial charge in [0.15, 0.2) is 0 Å². The number of ether oxygens (including phenoxy) is 1. The quantitative estimate of drug-likeness (QED) is 0.776. The van der Waals surface area contributed by atoms with E-state index in [-0.39, 0.29) is 5.56 Å². The number of hydrogen-bond acceptors (Lipinski definition) is 4. The van der Waals surface area contributed by atoms with Crippen LogP contribution in [0.3, 0.4) is 0 Å². The molecule has 3 rings (SSSR count). The van der Waals surface area contributed by atoms with E-state index in [1.54, 1.807) is 40.8 Å². The van der Waals surface area contributed by atoms with Gasteiger partial charge < -0.3 is 15.0 Å². The van der Waals surface area contributed by atoms with Gasteiger partial charge in [-0.2, -0.15) is 5.10 Å². The number of rotatable bonds is 4. The van der Waals surface area contributed by atoms with Crippen molar-refractivity contribution in [2.75, 3.05) is 7.11 Å². The van der Waals surface area contributed by atoms with Crippen molar-refractivity contribution in [1.82, 2.24) is 14.2 Å². The fourth-order valence-corrected chi connectivity index (χ4v) is 2.34. The van der Waals surface area contributed by atoms with Gasteiger partial charge in [-0.25, -0.2) is 4.52 Å². The van der Waals surface area contributed by atoms with Gasteiger partial charge in [0.05, 0.1) is 19.9 Å². The van der Waals surface area contributed by atoms with Gasteiger partial charge in [0, 0.05) is 24.5 Å². The first-order chi connectivity index (χ1) is 10.2. The van der Waals surface area contributed by atoms with E-state index in [1.165, 1.54) is 0 Å². The summed E-state index contributed by atoms with van der Waals surface area (Å²) in [5.74, 6) is 0.744. The predicted octanol–water partition coefficient (Wildman–Crippen LogP) is 1.01. The van der Waals surface area contributed by atoms with E-state index in [1.807, 2.05) is 18.2 Å². The standard InChI is InChI=1S/C15H16N4O2/c1-21-14-8-11(2-3-12(14)9-16)10-18-6-7-19-13(15(18)20)4-5-17-19/h2-8H,9-10,16H2,1H3. The average molecular weight is 284 g/mol. The van der Waals surface area contributed by atoms with Gasteiger partial charge >= 0.3 is 0 Å². The lowest BCUT2D eigenvalue weighted by atomic mass is 10.1. The molecule has 0 fully saturated rings. The molecular weight excluding hydrogens is 268 g/mol. The van der Waals surface area contributed by atoms with Crippen LogP contribution in [0.25, 0.3) is 5.52 Å². The molecule has 0 atom stereocenters. The lowest BCUT2D eigenvalue weighted by Gasteiger charge is -2.11. The summed E-state index contributed by atoms with van der Waals surface area (Å²) in [4.78, 5) is 12.3. The van der Waals surface area contributed by atoms with Gasteiger partial charge in [-0.1, -0.05) is 12.1 Å². The second kappa shape index (κ2) is 5.41. The lowest BCUT2D eigenvalue weighted by Crippen LogP contribution is -2.21. The number of nitrogens with two attached hydrogens (primary N) is 1. The number of nitrogens with zero attached hydrogens (tertiary/aromatic N) is 3. The second-order valence-corrected chi connectivity index (χ2v) is 4.74. The van der Waals surface area contributed by atoms with Crippen molar-refractivity contribution in [1.29, 1.82) is 0 Å². The third kappa shape index (κ3) is 2.41. The molecule has 1 aromatic carbocycles. The molecule has 0 saturated heterocycles. The minimum Gasteiger partial charge on any atom is -0.496 e. The van der Waals surface area contributed by atoms with Gasteiger partial charge in [0.2, 0.25) is 0 Å². The molecule has 2 aromatic heterocycles. The summed E-state index contributed by atoms with van der Waals surface area (Å²) >= 11 is 0. The van der Waals surface area contributed by atoms with Crippen molar-refractivity contribution >= 4 is 5.52 Å². The van der Waals surface area contributed by atoms with Crippen LogP contribution in [0.2, 0.25) is 0 Å². The van der Waals surface area contributed by atoms with Crippen molar-refractivity contribution in [3.8, 4) is 5.75 Å². The van der Waals surface area contributed by atoms with Crippen molar-refractivity contribution in [2.24, 2.45) is 5.73 Å². The Morgan fingerprint density at radius 2 is 2.14 bits per heavy atom. The Morgan fingerprint density at radius 1 is 1.29 bits per heavy atom. The van der Waals surface area contributed by atoms with Gasteiger partial charge in [-0.15, -0.1) is 0 Å². The summed E-state index contributed by atoms with van der Waals surface area (Å²) in [5, 5.41) is 4.05. The average Bonchev–Trinajstić information content (AvgIpc) is 2.99. The Morgan fingerprint density at radius 3 is 2.90 bits per heavy atom. The van der Waals surface area contributed by atoms with Crippen molar-refractivity contribution in [3.05, 3.63) is 64.3 Å². The molecule has 0 spiro atoms. The van der Waals surface area contributed by atoms with Gasteiger partial charge in [0.1, 0.15) is 11.3 Å². The van der Waals surface area contributed by atoms with Crippen LogP contribution in [0.1, 0.15) is 11.1 Å². The largest absolute Gasteiger partial charge is 0.496 e. The molecule has 0 aliphatic rings. The summed E-state index contributed by atoms with van der Waals surface area (Å²) in [6.07, 6.45) is 5.11. The van der Waals surface area contributed by atoms with Crippen LogP contribution in [0.15, 0.2) is 47.7 Å². The monoisotopic (exact) mass is 284 g/mol. The first-order valence-electron chi connectivity index (χ1n) is 6.61. The van der Waals surface area contributed by atoms with Gasteiger partial charge in [0.25, 0.3) is 5.56 Å². The molecular formula is C15H16N4O2. The predicted molar refractivity (Wildman–Crippen MR) is 79.4 cm³/mol. The number of aromatic nitrogens is 3. The maximum Gasteiger partial charge on any atom is 0.276 e. The zero-order chi connectivity index (χ0) is 14.8. The van der Waals surface area contributed by atoms with Crippen molar-refractivity contribution in [3.63, 3.8) is 0 Å².